The number of anilines is 2. The number of hydrogen-bond donors (Lipinski definition) is 1. The smallest absolute Gasteiger partial charge is 0.410 e. The number of carbonyl (C=O) groups is 2. The van der Waals surface area contributed by atoms with E-state index >= 15 is 0 Å². The van der Waals surface area contributed by atoms with Gasteiger partial charge in [-0.2, -0.15) is 0 Å². The number of ether oxygens (including phenoxy) is 1. The first-order valence-electron chi connectivity index (χ1n) is 12.5. The number of aromatic nitrogens is 2. The highest BCUT2D eigenvalue weighted by atomic mass is 35.5. The van der Waals surface area contributed by atoms with Crippen molar-refractivity contribution in [3.05, 3.63) is 58.0 Å². The molecule has 200 valence electrons. The third-order valence-electron chi connectivity index (χ3n) is 6.52. The van der Waals surface area contributed by atoms with Crippen molar-refractivity contribution in [1.29, 1.82) is 0 Å². The Balaban J connectivity index is 1.29. The molecule has 2 amide bonds. The Morgan fingerprint density at radius 2 is 2.08 bits per heavy atom. The van der Waals surface area contributed by atoms with Crippen LogP contribution in [0.5, 0.6) is 0 Å². The first kappa shape index (κ1) is 26.4. The van der Waals surface area contributed by atoms with Crippen molar-refractivity contribution in [2.45, 2.75) is 58.2 Å². The molecule has 0 unspecified atom stereocenters. The lowest BCUT2D eigenvalue weighted by Crippen LogP contribution is -2.39. The van der Waals surface area contributed by atoms with Crippen LogP contribution >= 0.6 is 22.9 Å². The highest BCUT2D eigenvalue weighted by Gasteiger charge is 2.31. The Kier molecular flexibility index (Phi) is 7.28. The van der Waals surface area contributed by atoms with Crippen LogP contribution in [0.15, 0.2) is 36.7 Å². The molecular formula is C27H29ClFN5O3S. The van der Waals surface area contributed by atoms with E-state index in [0.717, 1.165) is 33.5 Å². The molecule has 0 saturated carbocycles. The molecule has 0 spiro atoms. The fraction of sp³-hybridized carbons (Fsp3) is 0.407. The van der Waals surface area contributed by atoms with Crippen LogP contribution in [-0.2, 0) is 22.5 Å². The summed E-state index contributed by atoms with van der Waals surface area (Å²) in [6.07, 6.45) is 6.88. The summed E-state index contributed by atoms with van der Waals surface area (Å²) in [5.41, 5.74) is 1.17. The van der Waals surface area contributed by atoms with Crippen molar-refractivity contribution in [1.82, 2.24) is 19.8 Å². The summed E-state index contributed by atoms with van der Waals surface area (Å²) in [5, 5.41) is 4.18. The maximum atomic E-state index is 13.6. The van der Waals surface area contributed by atoms with Gasteiger partial charge in [0.05, 0.1) is 23.0 Å². The third-order valence-corrected chi connectivity index (χ3v) is 7.93. The van der Waals surface area contributed by atoms with Crippen LogP contribution < -0.4 is 5.32 Å². The molecule has 1 atom stereocenters. The number of hydrogen-bond acceptors (Lipinski definition) is 7. The van der Waals surface area contributed by atoms with Gasteiger partial charge >= 0.3 is 6.09 Å². The Morgan fingerprint density at radius 3 is 2.84 bits per heavy atom. The lowest BCUT2D eigenvalue weighted by molar-refractivity contribution is -0.126. The number of benzene rings is 1. The summed E-state index contributed by atoms with van der Waals surface area (Å²) in [4.78, 5) is 39.9. The summed E-state index contributed by atoms with van der Waals surface area (Å²) in [6.45, 7) is 7.18. The number of thiophene rings is 1. The summed E-state index contributed by atoms with van der Waals surface area (Å²) in [6, 6.07) is 4.28. The van der Waals surface area contributed by atoms with Crippen molar-refractivity contribution in [3.63, 3.8) is 0 Å². The van der Waals surface area contributed by atoms with Crippen LogP contribution in [0.25, 0.3) is 10.2 Å². The van der Waals surface area contributed by atoms with Gasteiger partial charge in [0.25, 0.3) is 0 Å². The molecule has 2 aliphatic heterocycles. The maximum Gasteiger partial charge on any atom is 0.410 e. The molecule has 3 aromatic rings. The Labute approximate surface area is 229 Å². The number of amides is 2. The highest BCUT2D eigenvalue weighted by molar-refractivity contribution is 7.19. The number of fused-ring (bicyclic) bond motifs is 3. The van der Waals surface area contributed by atoms with Gasteiger partial charge in [-0.25, -0.2) is 19.2 Å². The van der Waals surface area contributed by atoms with Crippen LogP contribution in [0.4, 0.5) is 20.7 Å². The molecule has 1 aromatic carbocycles. The van der Waals surface area contributed by atoms with E-state index in [2.05, 4.69) is 15.3 Å². The number of nitrogens with one attached hydrogen (secondary N) is 1. The van der Waals surface area contributed by atoms with Crippen LogP contribution in [0.3, 0.4) is 0 Å². The standard InChI is InChI=1S/C27H29ClFN5O3S/c1-27(2,3)37-26(36)34-11-4-5-17(34)7-9-22(35)33-12-10-18-21(14-33)38-25-23(18)24(30-15-31-25)32-16-6-8-20(29)19(28)13-16/h6-9,13,15,17H,4-5,10-12,14H2,1-3H3,(H,30,31,32)/b9-7+/t17-/m0/s1. The number of carbonyl (C=O) groups excluding carboxylic acids is 2. The molecule has 1 saturated heterocycles. The number of likely N-dealkylation sites (tertiary alicyclic amines) is 1. The van der Waals surface area contributed by atoms with Gasteiger partial charge in [-0.05, 0) is 63.8 Å². The zero-order valence-electron chi connectivity index (χ0n) is 21.5. The van der Waals surface area contributed by atoms with E-state index in [-0.39, 0.29) is 23.1 Å². The lowest BCUT2D eigenvalue weighted by Gasteiger charge is -2.28. The van der Waals surface area contributed by atoms with Crippen LogP contribution in [0.2, 0.25) is 5.02 Å². The normalized spacial score (nSPS) is 17.8. The molecule has 0 radical (unpaired) electrons. The van der Waals surface area contributed by atoms with Gasteiger partial charge in [0.2, 0.25) is 5.91 Å². The Bertz CT molecular complexity index is 1420. The molecular weight excluding hydrogens is 529 g/mol. The van der Waals surface area contributed by atoms with Crippen molar-refractivity contribution in [2.75, 3.05) is 18.4 Å². The average molecular weight is 558 g/mol. The number of nitrogens with zero attached hydrogens (tertiary/aromatic N) is 4. The van der Waals surface area contributed by atoms with Gasteiger partial charge in [0, 0.05) is 29.7 Å². The maximum absolute atomic E-state index is 13.6. The molecule has 4 heterocycles. The van der Waals surface area contributed by atoms with E-state index in [9.17, 15) is 14.0 Å². The Morgan fingerprint density at radius 1 is 1.26 bits per heavy atom. The number of rotatable bonds is 4. The van der Waals surface area contributed by atoms with Crippen molar-refractivity contribution >= 4 is 56.7 Å². The van der Waals surface area contributed by atoms with E-state index in [0.29, 0.717) is 37.6 Å². The second-order valence-corrected chi connectivity index (χ2v) is 11.9. The first-order valence-corrected chi connectivity index (χ1v) is 13.7. The fourth-order valence-electron chi connectivity index (χ4n) is 4.76. The quantitative estimate of drug-likeness (QED) is 0.392. The fourth-order valence-corrected chi connectivity index (χ4v) is 6.14. The van der Waals surface area contributed by atoms with E-state index in [4.69, 9.17) is 16.3 Å². The summed E-state index contributed by atoms with van der Waals surface area (Å²) < 4.78 is 19.1. The van der Waals surface area contributed by atoms with E-state index < -0.39 is 11.4 Å². The molecule has 1 N–H and O–H groups in total. The summed E-state index contributed by atoms with van der Waals surface area (Å²) in [5.74, 6) is 0.0510. The van der Waals surface area contributed by atoms with Gasteiger partial charge in [-0.3, -0.25) is 4.79 Å². The Hall–Kier alpha value is -3.24. The van der Waals surface area contributed by atoms with Gasteiger partial charge in [0.1, 0.15) is 28.4 Å². The van der Waals surface area contributed by atoms with Gasteiger partial charge in [-0.1, -0.05) is 17.7 Å². The predicted molar refractivity (Wildman–Crippen MR) is 146 cm³/mol. The van der Waals surface area contributed by atoms with Gasteiger partial charge < -0.3 is 19.9 Å². The molecule has 11 heteroatoms. The zero-order valence-corrected chi connectivity index (χ0v) is 23.0. The molecule has 2 aliphatic rings. The lowest BCUT2D eigenvalue weighted by atomic mass is 10.0. The van der Waals surface area contributed by atoms with E-state index in [1.54, 1.807) is 21.9 Å². The average Bonchev–Trinajstić information content (AvgIpc) is 3.48. The second-order valence-electron chi connectivity index (χ2n) is 10.4. The first-order chi connectivity index (χ1) is 18.1. The second kappa shape index (κ2) is 10.5. The van der Waals surface area contributed by atoms with Crippen LogP contribution in [0, 0.1) is 5.82 Å². The molecule has 5 rings (SSSR count). The minimum Gasteiger partial charge on any atom is -0.444 e. The molecule has 2 aromatic heterocycles. The van der Waals surface area contributed by atoms with Crippen LogP contribution in [0.1, 0.15) is 44.1 Å². The van der Waals surface area contributed by atoms with Gasteiger partial charge in [-0.15, -0.1) is 11.3 Å². The molecule has 0 aliphatic carbocycles. The summed E-state index contributed by atoms with van der Waals surface area (Å²) in [7, 11) is 0. The molecule has 0 bridgehead atoms. The van der Waals surface area contributed by atoms with Gasteiger partial charge in [0.15, 0.2) is 0 Å². The van der Waals surface area contributed by atoms with Crippen molar-refractivity contribution in [3.8, 4) is 0 Å². The van der Waals surface area contributed by atoms with E-state index in [1.807, 2.05) is 26.8 Å². The largest absolute Gasteiger partial charge is 0.444 e. The minimum absolute atomic E-state index is 0.0293. The molecule has 8 nitrogen and oxygen atoms in total. The van der Waals surface area contributed by atoms with Crippen molar-refractivity contribution in [2.24, 2.45) is 0 Å². The van der Waals surface area contributed by atoms with Crippen LogP contribution in [-0.4, -0.2) is 56.5 Å². The van der Waals surface area contributed by atoms with E-state index in [1.165, 1.54) is 29.8 Å². The monoisotopic (exact) mass is 557 g/mol. The number of halogens is 2. The topological polar surface area (TPSA) is 87.7 Å². The van der Waals surface area contributed by atoms with Crippen molar-refractivity contribution < 1.29 is 18.7 Å². The third kappa shape index (κ3) is 5.61. The highest BCUT2D eigenvalue weighted by Crippen LogP contribution is 2.38. The SMILES string of the molecule is CC(C)(C)OC(=O)N1CCC[C@H]1/C=C/C(=O)N1CCc2c(sc3ncnc(Nc4ccc(F)c(Cl)c4)c23)C1. The minimum atomic E-state index is -0.564. The zero-order chi connectivity index (χ0) is 27.0. The predicted octanol–water partition coefficient (Wildman–Crippen LogP) is 6.07. The molecule has 1 fully saturated rings. The molecule has 38 heavy (non-hydrogen) atoms. The summed E-state index contributed by atoms with van der Waals surface area (Å²) >= 11 is 7.48.